The van der Waals surface area contributed by atoms with Crippen molar-refractivity contribution in [3.05, 3.63) is 24.3 Å². The number of nitrogens with zero attached hydrogens (tertiary/aromatic N) is 2. The molecule has 7 atom stereocenters. The summed E-state index contributed by atoms with van der Waals surface area (Å²) in [6, 6.07) is -1.31. The summed E-state index contributed by atoms with van der Waals surface area (Å²) in [5.41, 5.74) is -0.446. The highest BCUT2D eigenvalue weighted by atomic mass is 32.2. The van der Waals surface area contributed by atoms with E-state index < -0.39 is 39.0 Å². The first-order chi connectivity index (χ1) is 15.9. The Kier molecular flexibility index (Phi) is 6.47. The first-order valence-corrected chi connectivity index (χ1v) is 13.2. The van der Waals surface area contributed by atoms with Crippen molar-refractivity contribution in [1.82, 2.24) is 9.80 Å². The van der Waals surface area contributed by atoms with E-state index in [9.17, 15) is 19.5 Å². The number of rotatable bonds is 4. The lowest BCUT2D eigenvalue weighted by atomic mass is 9.74. The summed E-state index contributed by atoms with van der Waals surface area (Å²) in [5, 5.41) is 10.4. The lowest BCUT2D eigenvalue weighted by Gasteiger charge is -2.43. The van der Waals surface area contributed by atoms with Gasteiger partial charge in [-0.1, -0.05) is 44.6 Å². The van der Waals surface area contributed by atoms with E-state index in [-0.39, 0.29) is 36.9 Å². The Hall–Kier alpha value is -1.80. The van der Waals surface area contributed by atoms with Gasteiger partial charge in [-0.2, -0.15) is 0 Å². The minimum absolute atomic E-state index is 0.00601. The molecule has 8 heteroatoms. The second kappa shape index (κ2) is 8.70. The molecule has 7 nitrogen and oxygen atoms in total. The summed E-state index contributed by atoms with van der Waals surface area (Å²) in [6.45, 7) is 12.5. The van der Waals surface area contributed by atoms with E-state index in [1.165, 1.54) is 0 Å². The number of likely N-dealkylation sites (tertiary alicyclic amines) is 1. The summed E-state index contributed by atoms with van der Waals surface area (Å²) in [6.07, 6.45) is 9.42. The predicted molar refractivity (Wildman–Crippen MR) is 132 cm³/mol. The van der Waals surface area contributed by atoms with E-state index in [0.717, 1.165) is 6.42 Å². The predicted octanol–water partition coefficient (Wildman–Crippen LogP) is 2.78. The van der Waals surface area contributed by atoms with E-state index in [0.29, 0.717) is 13.0 Å². The van der Waals surface area contributed by atoms with Gasteiger partial charge >= 0.3 is 5.97 Å². The van der Waals surface area contributed by atoms with Crippen LogP contribution in [0.25, 0.3) is 0 Å². The van der Waals surface area contributed by atoms with Crippen LogP contribution in [0, 0.1) is 17.8 Å². The maximum absolute atomic E-state index is 14.3. The maximum Gasteiger partial charge on any atom is 0.311 e. The molecule has 1 unspecified atom stereocenters. The normalized spacial score (nSPS) is 37.4. The van der Waals surface area contributed by atoms with Crippen molar-refractivity contribution in [2.24, 2.45) is 17.8 Å². The number of esters is 1. The van der Waals surface area contributed by atoms with Crippen molar-refractivity contribution in [2.75, 3.05) is 19.8 Å². The third-order valence-corrected chi connectivity index (χ3v) is 9.91. The van der Waals surface area contributed by atoms with Gasteiger partial charge in [0.1, 0.15) is 6.04 Å². The number of ether oxygens (including phenoxy) is 1. The maximum atomic E-state index is 14.3. The lowest BCUT2D eigenvalue weighted by Crippen LogP contribution is -2.60. The topological polar surface area (TPSA) is 87.2 Å². The molecule has 4 heterocycles. The van der Waals surface area contributed by atoms with E-state index in [1.54, 1.807) is 16.7 Å². The fourth-order valence-corrected chi connectivity index (χ4v) is 8.34. The summed E-state index contributed by atoms with van der Waals surface area (Å²) in [7, 11) is 0. The molecule has 2 amide bonds. The Morgan fingerprint density at radius 2 is 1.88 bits per heavy atom. The van der Waals surface area contributed by atoms with Crippen LogP contribution in [-0.2, 0) is 19.1 Å². The average molecular weight is 491 g/mol. The van der Waals surface area contributed by atoms with Crippen molar-refractivity contribution >= 4 is 29.5 Å². The number of carbonyl (C=O) groups excluding carboxylic acids is 3. The van der Waals surface area contributed by atoms with E-state index in [4.69, 9.17) is 4.74 Å². The van der Waals surface area contributed by atoms with Gasteiger partial charge in [0.05, 0.1) is 35.8 Å². The molecule has 0 aromatic carbocycles. The molecule has 1 N–H and O–H groups in total. The van der Waals surface area contributed by atoms with Gasteiger partial charge in [0.15, 0.2) is 0 Å². The number of aliphatic hydroxyl groups is 1. The van der Waals surface area contributed by atoms with Gasteiger partial charge in [-0.15, -0.1) is 11.8 Å². The molecule has 0 aromatic rings. The number of hydrogen-bond donors (Lipinski definition) is 1. The SMILES string of the molecule is CC[C@H](C)[C@H](CO)N1C(=O)[C@@H]2[C@H]3C(=O)OCCC=C[C@@]3(C)S[C@@]23C=CCN(C(C)(C)C)C(=O)C13. The third-order valence-electron chi connectivity index (χ3n) is 8.11. The summed E-state index contributed by atoms with van der Waals surface area (Å²) >= 11 is 1.54. The molecule has 188 valence electrons. The number of hydrogen-bond acceptors (Lipinski definition) is 6. The number of thioether (sulfide) groups is 1. The number of carbonyl (C=O) groups is 3. The minimum atomic E-state index is -0.915. The van der Waals surface area contributed by atoms with Crippen molar-refractivity contribution in [3.8, 4) is 0 Å². The molecule has 0 aromatic heterocycles. The Morgan fingerprint density at radius 1 is 1.18 bits per heavy atom. The van der Waals surface area contributed by atoms with Gasteiger partial charge in [0, 0.05) is 16.8 Å². The molecule has 4 aliphatic heterocycles. The molecule has 4 rings (SSSR count). The van der Waals surface area contributed by atoms with Crippen LogP contribution in [0.2, 0.25) is 0 Å². The molecule has 0 bridgehead atoms. The molecule has 0 radical (unpaired) electrons. The molecular weight excluding hydrogens is 452 g/mol. The average Bonchev–Trinajstić information content (AvgIpc) is 3.07. The van der Waals surface area contributed by atoms with Crippen LogP contribution in [0.1, 0.15) is 54.4 Å². The molecule has 0 saturated carbocycles. The zero-order valence-electron chi connectivity index (χ0n) is 21.1. The van der Waals surface area contributed by atoms with E-state index in [1.807, 2.05) is 70.7 Å². The van der Waals surface area contributed by atoms with Crippen molar-refractivity contribution in [2.45, 2.75) is 81.5 Å². The first kappa shape index (κ1) is 25.3. The fraction of sp³-hybridized carbons (Fsp3) is 0.731. The van der Waals surface area contributed by atoms with Crippen LogP contribution in [0.4, 0.5) is 0 Å². The number of fused-ring (bicyclic) bond motifs is 2. The number of amides is 2. The van der Waals surface area contributed by atoms with Crippen LogP contribution in [-0.4, -0.2) is 79.6 Å². The Labute approximate surface area is 206 Å². The van der Waals surface area contributed by atoms with Gasteiger partial charge < -0.3 is 19.6 Å². The summed E-state index contributed by atoms with van der Waals surface area (Å²) < 4.78 is 3.99. The highest BCUT2D eigenvalue weighted by Crippen LogP contribution is 2.65. The van der Waals surface area contributed by atoms with Crippen molar-refractivity contribution in [1.29, 1.82) is 0 Å². The lowest BCUT2D eigenvalue weighted by molar-refractivity contribution is -0.155. The van der Waals surface area contributed by atoms with Crippen molar-refractivity contribution < 1.29 is 24.2 Å². The Morgan fingerprint density at radius 3 is 2.50 bits per heavy atom. The van der Waals surface area contributed by atoms with Crippen LogP contribution < -0.4 is 0 Å². The molecule has 1 spiro atoms. The smallest absolute Gasteiger partial charge is 0.311 e. The monoisotopic (exact) mass is 490 g/mol. The largest absolute Gasteiger partial charge is 0.465 e. The zero-order chi connectivity index (χ0) is 25.1. The second-order valence-electron chi connectivity index (χ2n) is 11.3. The first-order valence-electron chi connectivity index (χ1n) is 12.4. The van der Waals surface area contributed by atoms with Gasteiger partial charge in [-0.25, -0.2) is 0 Å². The van der Waals surface area contributed by atoms with Gasteiger partial charge in [0.25, 0.3) is 0 Å². The Bertz CT molecular complexity index is 927. The van der Waals surface area contributed by atoms with E-state index in [2.05, 4.69) is 0 Å². The van der Waals surface area contributed by atoms with Crippen LogP contribution in [0.15, 0.2) is 24.3 Å². The highest BCUT2D eigenvalue weighted by molar-refractivity contribution is 8.02. The molecular formula is C26H38N2O5S. The molecule has 2 fully saturated rings. The van der Waals surface area contributed by atoms with Crippen LogP contribution in [0.5, 0.6) is 0 Å². The van der Waals surface area contributed by atoms with E-state index >= 15 is 0 Å². The van der Waals surface area contributed by atoms with Gasteiger partial charge in [0.2, 0.25) is 11.8 Å². The van der Waals surface area contributed by atoms with Gasteiger partial charge in [-0.3, -0.25) is 14.4 Å². The Balaban J connectivity index is 1.93. The third kappa shape index (κ3) is 3.63. The standard InChI is InChI=1S/C26H38N2O5S/c1-7-16(2)17(15-29)28-20-22(31)27(24(3,4)5)13-10-12-26(20)18(21(28)30)19-23(32)33-14-9-8-11-25(19,6)34-26/h8,10-12,16-20,29H,7,9,13-15H2,1-6H3/t16-,17-,18-,19-,20?,25+,26-/m0/s1. The number of cyclic esters (lactones) is 1. The van der Waals surface area contributed by atoms with Crippen LogP contribution in [0.3, 0.4) is 0 Å². The quantitative estimate of drug-likeness (QED) is 0.482. The molecule has 4 aliphatic rings. The molecule has 2 saturated heterocycles. The number of aliphatic hydroxyl groups excluding tert-OH is 1. The van der Waals surface area contributed by atoms with Crippen LogP contribution >= 0.6 is 11.8 Å². The summed E-state index contributed by atoms with van der Waals surface area (Å²) in [4.78, 5) is 45.4. The minimum Gasteiger partial charge on any atom is -0.465 e. The fourth-order valence-electron chi connectivity index (χ4n) is 6.20. The van der Waals surface area contributed by atoms with Gasteiger partial charge in [-0.05, 0) is 40.0 Å². The molecule has 0 aliphatic carbocycles. The summed E-state index contributed by atoms with van der Waals surface area (Å²) in [5.74, 6) is -2.18. The zero-order valence-corrected chi connectivity index (χ0v) is 21.9. The van der Waals surface area contributed by atoms with Crippen molar-refractivity contribution in [3.63, 3.8) is 0 Å². The highest BCUT2D eigenvalue weighted by Gasteiger charge is 2.74. The second-order valence-corrected chi connectivity index (χ2v) is 13.0. The molecule has 34 heavy (non-hydrogen) atoms.